The van der Waals surface area contributed by atoms with Crippen molar-refractivity contribution in [1.29, 1.82) is 0 Å². The second-order valence-electron chi connectivity index (χ2n) is 5.25. The van der Waals surface area contributed by atoms with Crippen LogP contribution in [0, 0.1) is 0 Å². The second-order valence-corrected chi connectivity index (χ2v) is 6.10. The second kappa shape index (κ2) is 7.18. The van der Waals surface area contributed by atoms with Crippen LogP contribution in [-0.4, -0.2) is 4.98 Å². The molecule has 118 valence electrons. The maximum atomic E-state index is 6.23. The van der Waals surface area contributed by atoms with Gasteiger partial charge in [-0.2, -0.15) is 0 Å². The molecule has 3 rings (SSSR count). The van der Waals surface area contributed by atoms with Gasteiger partial charge in [0.1, 0.15) is 0 Å². The average Bonchev–Trinajstić information content (AvgIpc) is 3.02. The van der Waals surface area contributed by atoms with E-state index >= 15 is 0 Å². The Morgan fingerprint density at radius 3 is 2.65 bits per heavy atom. The third-order valence-corrected chi connectivity index (χ3v) is 4.16. The van der Waals surface area contributed by atoms with Crippen LogP contribution < -0.4 is 5.32 Å². The zero-order valence-electron chi connectivity index (χ0n) is 12.6. The van der Waals surface area contributed by atoms with Gasteiger partial charge < -0.3 is 9.73 Å². The first kappa shape index (κ1) is 16.1. The lowest BCUT2D eigenvalue weighted by atomic mass is 10.1. The molecular formula is C18H16Cl2N2O. The van der Waals surface area contributed by atoms with Gasteiger partial charge in [0, 0.05) is 21.7 Å². The van der Waals surface area contributed by atoms with Gasteiger partial charge in [-0.3, -0.25) is 0 Å². The minimum atomic E-state index is 0.0619. The Morgan fingerprint density at radius 1 is 1.13 bits per heavy atom. The first-order valence-electron chi connectivity index (χ1n) is 7.32. The third-order valence-electron chi connectivity index (χ3n) is 3.60. The zero-order chi connectivity index (χ0) is 16.2. The van der Waals surface area contributed by atoms with Crippen molar-refractivity contribution >= 4 is 23.2 Å². The third kappa shape index (κ3) is 3.94. The molecule has 0 fully saturated rings. The molecule has 5 heteroatoms. The molecule has 2 aromatic carbocycles. The first-order chi connectivity index (χ1) is 11.1. The molecule has 0 saturated heterocycles. The normalized spacial score (nSPS) is 12.3. The maximum Gasteiger partial charge on any atom is 0.208 e. The van der Waals surface area contributed by atoms with Crippen molar-refractivity contribution in [1.82, 2.24) is 10.3 Å². The van der Waals surface area contributed by atoms with Crippen LogP contribution in [-0.2, 0) is 6.54 Å². The highest BCUT2D eigenvalue weighted by molar-refractivity contribution is 6.35. The summed E-state index contributed by atoms with van der Waals surface area (Å²) in [6, 6.07) is 15.5. The van der Waals surface area contributed by atoms with Gasteiger partial charge in [0.05, 0.1) is 12.7 Å². The average molecular weight is 347 g/mol. The molecule has 1 aromatic heterocycles. The number of hydrogen-bond donors (Lipinski definition) is 1. The summed E-state index contributed by atoms with van der Waals surface area (Å²) >= 11 is 12.2. The lowest BCUT2D eigenvalue weighted by Crippen LogP contribution is -2.18. The predicted molar refractivity (Wildman–Crippen MR) is 93.7 cm³/mol. The molecule has 0 saturated carbocycles. The van der Waals surface area contributed by atoms with Crippen molar-refractivity contribution in [2.24, 2.45) is 0 Å². The Kier molecular flexibility index (Phi) is 5.01. The molecule has 0 spiro atoms. The van der Waals surface area contributed by atoms with E-state index in [1.54, 1.807) is 12.3 Å². The minimum absolute atomic E-state index is 0.0619. The Morgan fingerprint density at radius 2 is 1.91 bits per heavy atom. The first-order valence-corrected chi connectivity index (χ1v) is 8.07. The van der Waals surface area contributed by atoms with Gasteiger partial charge in [-0.25, -0.2) is 4.98 Å². The van der Waals surface area contributed by atoms with Crippen LogP contribution in [0.2, 0.25) is 10.0 Å². The molecule has 0 aliphatic rings. The van der Waals surface area contributed by atoms with Gasteiger partial charge in [-0.05, 0) is 24.6 Å². The van der Waals surface area contributed by atoms with Crippen LogP contribution in [0.1, 0.15) is 24.4 Å². The van der Waals surface area contributed by atoms with Gasteiger partial charge in [0.2, 0.25) is 5.89 Å². The van der Waals surface area contributed by atoms with Gasteiger partial charge in [-0.1, -0.05) is 59.6 Å². The van der Waals surface area contributed by atoms with Crippen molar-refractivity contribution in [3.63, 3.8) is 0 Å². The fourth-order valence-corrected chi connectivity index (χ4v) is 2.90. The highest BCUT2D eigenvalue weighted by atomic mass is 35.5. The van der Waals surface area contributed by atoms with Crippen molar-refractivity contribution in [2.75, 3.05) is 0 Å². The topological polar surface area (TPSA) is 38.1 Å². The summed E-state index contributed by atoms with van der Waals surface area (Å²) in [4.78, 5) is 4.31. The quantitative estimate of drug-likeness (QED) is 0.662. The fourth-order valence-electron chi connectivity index (χ4n) is 2.33. The van der Waals surface area contributed by atoms with Crippen LogP contribution >= 0.6 is 23.2 Å². The standard InChI is InChI=1S/C18H16Cl2N2O/c1-12(15-8-7-14(19)9-16(15)20)21-11-18-22-10-17(23-18)13-5-3-2-4-6-13/h2-10,12,21H,11H2,1H3. The summed E-state index contributed by atoms with van der Waals surface area (Å²) in [7, 11) is 0. The Balaban J connectivity index is 1.65. The largest absolute Gasteiger partial charge is 0.439 e. The molecule has 1 heterocycles. The summed E-state index contributed by atoms with van der Waals surface area (Å²) in [6.45, 7) is 2.56. The summed E-state index contributed by atoms with van der Waals surface area (Å²) < 4.78 is 5.78. The molecule has 0 amide bonds. The predicted octanol–water partition coefficient (Wildman–Crippen LogP) is 5.50. The van der Waals surface area contributed by atoms with E-state index in [4.69, 9.17) is 27.6 Å². The number of nitrogens with one attached hydrogen (secondary N) is 1. The molecule has 0 aliphatic heterocycles. The Labute approximate surface area is 145 Å². The van der Waals surface area contributed by atoms with Crippen LogP contribution in [0.15, 0.2) is 59.1 Å². The number of halogens is 2. The molecular weight excluding hydrogens is 331 g/mol. The molecule has 1 unspecified atom stereocenters. The fraction of sp³-hybridized carbons (Fsp3) is 0.167. The molecule has 23 heavy (non-hydrogen) atoms. The minimum Gasteiger partial charge on any atom is -0.439 e. The molecule has 3 aromatic rings. The van der Waals surface area contributed by atoms with Crippen LogP contribution in [0.25, 0.3) is 11.3 Å². The van der Waals surface area contributed by atoms with E-state index in [1.807, 2.05) is 49.4 Å². The van der Waals surface area contributed by atoms with Gasteiger partial charge in [0.25, 0.3) is 0 Å². The van der Waals surface area contributed by atoms with E-state index in [-0.39, 0.29) is 6.04 Å². The van der Waals surface area contributed by atoms with E-state index in [1.165, 1.54) is 0 Å². The summed E-state index contributed by atoms with van der Waals surface area (Å²) in [6.07, 6.45) is 1.74. The molecule has 0 radical (unpaired) electrons. The van der Waals surface area contributed by atoms with E-state index in [0.29, 0.717) is 22.5 Å². The molecule has 1 atom stereocenters. The van der Waals surface area contributed by atoms with Crippen molar-refractivity contribution in [3.8, 4) is 11.3 Å². The van der Waals surface area contributed by atoms with Crippen LogP contribution in [0.4, 0.5) is 0 Å². The van der Waals surface area contributed by atoms with Gasteiger partial charge >= 0.3 is 0 Å². The maximum absolute atomic E-state index is 6.23. The molecule has 3 nitrogen and oxygen atoms in total. The molecule has 0 aliphatic carbocycles. The highest BCUT2D eigenvalue weighted by Gasteiger charge is 2.12. The van der Waals surface area contributed by atoms with Gasteiger partial charge in [0.15, 0.2) is 5.76 Å². The van der Waals surface area contributed by atoms with E-state index in [9.17, 15) is 0 Å². The smallest absolute Gasteiger partial charge is 0.208 e. The van der Waals surface area contributed by atoms with Crippen molar-refractivity contribution in [3.05, 3.63) is 76.2 Å². The number of rotatable bonds is 5. The van der Waals surface area contributed by atoms with E-state index < -0.39 is 0 Å². The van der Waals surface area contributed by atoms with Crippen LogP contribution in [0.5, 0.6) is 0 Å². The van der Waals surface area contributed by atoms with Crippen LogP contribution in [0.3, 0.4) is 0 Å². The summed E-state index contributed by atoms with van der Waals surface area (Å²) in [5.74, 6) is 1.40. The van der Waals surface area contributed by atoms with Crippen molar-refractivity contribution in [2.45, 2.75) is 19.5 Å². The summed E-state index contributed by atoms with van der Waals surface area (Å²) in [5, 5.41) is 4.64. The lowest BCUT2D eigenvalue weighted by Gasteiger charge is -2.14. The monoisotopic (exact) mass is 346 g/mol. The SMILES string of the molecule is CC(NCc1ncc(-c2ccccc2)o1)c1ccc(Cl)cc1Cl. The van der Waals surface area contributed by atoms with Gasteiger partial charge in [-0.15, -0.1) is 0 Å². The number of benzene rings is 2. The van der Waals surface area contributed by atoms with E-state index in [2.05, 4.69) is 10.3 Å². The van der Waals surface area contributed by atoms with E-state index in [0.717, 1.165) is 16.9 Å². The number of aromatic nitrogens is 1. The Hall–Kier alpha value is -1.81. The number of oxazole rings is 1. The highest BCUT2D eigenvalue weighted by Crippen LogP contribution is 2.26. The number of nitrogens with zero attached hydrogens (tertiary/aromatic N) is 1. The van der Waals surface area contributed by atoms with Crippen molar-refractivity contribution < 1.29 is 4.42 Å². The molecule has 0 bridgehead atoms. The molecule has 1 N–H and O–H groups in total. The zero-order valence-corrected chi connectivity index (χ0v) is 14.1. The Bertz CT molecular complexity index is 787. The summed E-state index contributed by atoms with van der Waals surface area (Å²) in [5.41, 5.74) is 2.01. The number of hydrogen-bond acceptors (Lipinski definition) is 3. The lowest BCUT2D eigenvalue weighted by molar-refractivity contribution is 0.454.